The maximum absolute atomic E-state index is 6.15. The Morgan fingerprint density at radius 3 is 2.39 bits per heavy atom. The number of fused-ring (bicyclic) bond motifs is 1. The SMILES string of the molecule is COc1cc(OC)cc(OCc2cc(Cl)cc3c2OCOC3)c1. The molecule has 23 heavy (non-hydrogen) atoms. The smallest absolute Gasteiger partial charge is 0.189 e. The molecule has 0 spiro atoms. The number of ether oxygens (including phenoxy) is 5. The van der Waals surface area contributed by atoms with Crippen molar-refractivity contribution in [3.63, 3.8) is 0 Å². The lowest BCUT2D eigenvalue weighted by atomic mass is 10.1. The molecule has 0 saturated carbocycles. The second-order valence-electron chi connectivity index (χ2n) is 5.00. The summed E-state index contributed by atoms with van der Waals surface area (Å²) in [4.78, 5) is 0. The Morgan fingerprint density at radius 2 is 1.70 bits per heavy atom. The fourth-order valence-corrected chi connectivity index (χ4v) is 2.65. The van der Waals surface area contributed by atoms with Crippen LogP contribution in [0.4, 0.5) is 0 Å². The molecule has 0 N–H and O–H groups in total. The first-order valence-corrected chi connectivity index (χ1v) is 7.45. The minimum Gasteiger partial charge on any atom is -0.496 e. The minimum atomic E-state index is 0.231. The van der Waals surface area contributed by atoms with Gasteiger partial charge in [-0.05, 0) is 12.1 Å². The van der Waals surface area contributed by atoms with E-state index in [4.69, 9.17) is 35.3 Å². The molecule has 122 valence electrons. The zero-order valence-corrected chi connectivity index (χ0v) is 13.7. The molecule has 0 aliphatic carbocycles. The third-order valence-corrected chi connectivity index (χ3v) is 3.69. The van der Waals surface area contributed by atoms with Crippen molar-refractivity contribution in [1.29, 1.82) is 0 Å². The van der Waals surface area contributed by atoms with E-state index in [1.54, 1.807) is 32.4 Å². The first kappa shape index (κ1) is 15.8. The lowest BCUT2D eigenvalue weighted by Gasteiger charge is -2.21. The molecule has 0 atom stereocenters. The molecule has 0 bridgehead atoms. The summed E-state index contributed by atoms with van der Waals surface area (Å²) in [6.07, 6.45) is 0. The molecule has 1 aliphatic rings. The fourth-order valence-electron chi connectivity index (χ4n) is 2.39. The average molecular weight is 337 g/mol. The number of hydrogen-bond acceptors (Lipinski definition) is 5. The van der Waals surface area contributed by atoms with Gasteiger partial charge in [0.1, 0.15) is 29.6 Å². The average Bonchev–Trinajstić information content (AvgIpc) is 2.59. The monoisotopic (exact) mass is 336 g/mol. The Hall–Kier alpha value is -2.11. The van der Waals surface area contributed by atoms with E-state index in [0.29, 0.717) is 35.5 Å². The normalized spacial score (nSPS) is 13.0. The number of methoxy groups -OCH3 is 2. The van der Waals surface area contributed by atoms with Crippen molar-refractivity contribution in [2.75, 3.05) is 21.0 Å². The molecule has 0 fully saturated rings. The lowest BCUT2D eigenvalue weighted by molar-refractivity contribution is -0.0175. The summed E-state index contributed by atoms with van der Waals surface area (Å²) >= 11 is 6.15. The highest BCUT2D eigenvalue weighted by atomic mass is 35.5. The molecule has 2 aromatic carbocycles. The molecule has 1 heterocycles. The number of halogens is 1. The van der Waals surface area contributed by atoms with Crippen LogP contribution in [0.1, 0.15) is 11.1 Å². The van der Waals surface area contributed by atoms with Crippen LogP contribution in [0.15, 0.2) is 30.3 Å². The van der Waals surface area contributed by atoms with Crippen LogP contribution in [0.2, 0.25) is 5.02 Å². The number of benzene rings is 2. The van der Waals surface area contributed by atoms with Crippen LogP contribution >= 0.6 is 11.6 Å². The van der Waals surface area contributed by atoms with Gasteiger partial charge in [-0.3, -0.25) is 0 Å². The highest BCUT2D eigenvalue weighted by molar-refractivity contribution is 6.30. The molecule has 6 heteroatoms. The third kappa shape index (κ3) is 3.63. The van der Waals surface area contributed by atoms with Crippen LogP contribution in [-0.4, -0.2) is 21.0 Å². The molecule has 0 unspecified atom stereocenters. The van der Waals surface area contributed by atoms with Gasteiger partial charge >= 0.3 is 0 Å². The fraction of sp³-hybridized carbons (Fsp3) is 0.294. The zero-order chi connectivity index (χ0) is 16.2. The van der Waals surface area contributed by atoms with Crippen LogP contribution in [0.25, 0.3) is 0 Å². The predicted octanol–water partition coefficient (Wildman–Crippen LogP) is 3.80. The van der Waals surface area contributed by atoms with Crippen molar-refractivity contribution >= 4 is 11.6 Å². The summed E-state index contributed by atoms with van der Waals surface area (Å²) in [6.45, 7) is 1.03. The van der Waals surface area contributed by atoms with Crippen LogP contribution in [0.5, 0.6) is 23.0 Å². The van der Waals surface area contributed by atoms with E-state index >= 15 is 0 Å². The summed E-state index contributed by atoms with van der Waals surface area (Å²) in [7, 11) is 3.19. The van der Waals surface area contributed by atoms with Gasteiger partial charge < -0.3 is 23.7 Å². The van der Waals surface area contributed by atoms with Gasteiger partial charge in [-0.2, -0.15) is 0 Å². The van der Waals surface area contributed by atoms with Gasteiger partial charge in [0.2, 0.25) is 0 Å². The second kappa shape index (κ2) is 6.98. The maximum atomic E-state index is 6.15. The number of rotatable bonds is 5. The second-order valence-corrected chi connectivity index (χ2v) is 5.44. The molecular formula is C17H17ClO5. The van der Waals surface area contributed by atoms with Crippen LogP contribution < -0.4 is 18.9 Å². The third-order valence-electron chi connectivity index (χ3n) is 3.47. The first-order valence-electron chi connectivity index (χ1n) is 7.07. The highest BCUT2D eigenvalue weighted by Gasteiger charge is 2.17. The molecule has 0 amide bonds. The Bertz CT molecular complexity index is 679. The van der Waals surface area contributed by atoms with E-state index in [-0.39, 0.29) is 6.79 Å². The van der Waals surface area contributed by atoms with E-state index in [9.17, 15) is 0 Å². The van der Waals surface area contributed by atoms with Crippen LogP contribution in [-0.2, 0) is 18.0 Å². The Balaban J connectivity index is 1.82. The van der Waals surface area contributed by atoms with Crippen LogP contribution in [0.3, 0.4) is 0 Å². The van der Waals surface area contributed by atoms with Crippen molar-refractivity contribution in [3.8, 4) is 23.0 Å². The van der Waals surface area contributed by atoms with Gasteiger partial charge in [0.25, 0.3) is 0 Å². The predicted molar refractivity (Wildman–Crippen MR) is 85.6 cm³/mol. The van der Waals surface area contributed by atoms with Crippen molar-refractivity contribution in [1.82, 2.24) is 0 Å². The summed E-state index contributed by atoms with van der Waals surface area (Å²) in [6, 6.07) is 9.05. The van der Waals surface area contributed by atoms with E-state index < -0.39 is 0 Å². The number of hydrogen-bond donors (Lipinski definition) is 0. The Kier molecular flexibility index (Phi) is 4.79. The summed E-state index contributed by atoms with van der Waals surface area (Å²) in [5.74, 6) is 2.74. The molecule has 2 aromatic rings. The summed E-state index contributed by atoms with van der Waals surface area (Å²) in [5, 5.41) is 0.625. The summed E-state index contributed by atoms with van der Waals surface area (Å²) in [5.41, 5.74) is 1.79. The van der Waals surface area contributed by atoms with Gasteiger partial charge in [-0.1, -0.05) is 11.6 Å². The zero-order valence-electron chi connectivity index (χ0n) is 12.9. The summed E-state index contributed by atoms with van der Waals surface area (Å²) < 4.78 is 27.2. The standard InChI is InChI=1S/C17H17ClO5/c1-19-14-5-15(20-2)7-16(6-14)22-9-12-4-13(18)3-11-8-21-10-23-17(11)12/h3-7H,8-10H2,1-2H3. The van der Waals surface area contributed by atoms with E-state index in [2.05, 4.69) is 0 Å². The maximum Gasteiger partial charge on any atom is 0.189 e. The van der Waals surface area contributed by atoms with E-state index in [0.717, 1.165) is 16.9 Å². The van der Waals surface area contributed by atoms with Gasteiger partial charge in [0, 0.05) is 34.3 Å². The van der Waals surface area contributed by atoms with E-state index in [1.807, 2.05) is 12.1 Å². The molecule has 1 aliphatic heterocycles. The topological polar surface area (TPSA) is 46.2 Å². The lowest BCUT2D eigenvalue weighted by Crippen LogP contribution is -2.14. The molecule has 3 rings (SSSR count). The van der Waals surface area contributed by atoms with Gasteiger partial charge in [0.15, 0.2) is 6.79 Å². The van der Waals surface area contributed by atoms with Gasteiger partial charge in [-0.15, -0.1) is 0 Å². The molecule has 0 saturated heterocycles. The minimum absolute atomic E-state index is 0.231. The van der Waals surface area contributed by atoms with Crippen molar-refractivity contribution in [2.24, 2.45) is 0 Å². The highest BCUT2D eigenvalue weighted by Crippen LogP contribution is 2.33. The van der Waals surface area contributed by atoms with Gasteiger partial charge in [0.05, 0.1) is 20.8 Å². The van der Waals surface area contributed by atoms with Crippen molar-refractivity contribution < 1.29 is 23.7 Å². The van der Waals surface area contributed by atoms with Crippen LogP contribution in [0, 0.1) is 0 Å². The quantitative estimate of drug-likeness (QED) is 0.831. The van der Waals surface area contributed by atoms with Crippen molar-refractivity contribution in [2.45, 2.75) is 13.2 Å². The molecule has 0 aromatic heterocycles. The first-order chi connectivity index (χ1) is 11.2. The van der Waals surface area contributed by atoms with Crippen molar-refractivity contribution in [3.05, 3.63) is 46.5 Å². The Morgan fingerprint density at radius 1 is 1.00 bits per heavy atom. The van der Waals surface area contributed by atoms with Gasteiger partial charge in [-0.25, -0.2) is 0 Å². The molecule has 0 radical (unpaired) electrons. The largest absolute Gasteiger partial charge is 0.496 e. The molecule has 5 nitrogen and oxygen atoms in total. The molecular weight excluding hydrogens is 320 g/mol. The Labute approximate surface area is 139 Å². The van der Waals surface area contributed by atoms with E-state index in [1.165, 1.54) is 0 Å².